The largest absolute Gasteiger partial charge is 0.870 e. The van der Waals surface area contributed by atoms with Crippen LogP contribution in [-0.2, 0) is 0 Å². The topological polar surface area (TPSA) is 33.2 Å². The van der Waals surface area contributed by atoms with Crippen LogP contribution in [0.25, 0.3) is 0 Å². The maximum atomic E-state index is 2.43. The molecule has 0 saturated carbocycles. The van der Waals surface area contributed by atoms with Gasteiger partial charge in [-0.15, -0.1) is 0 Å². The molecule has 0 aliphatic carbocycles. The zero-order valence-electron chi connectivity index (χ0n) is 6.30. The van der Waals surface area contributed by atoms with Gasteiger partial charge in [-0.2, -0.15) is 0 Å². The van der Waals surface area contributed by atoms with Crippen molar-refractivity contribution in [2.75, 3.05) is 13.6 Å². The minimum Gasteiger partial charge on any atom is -0.870 e. The first-order valence-electron chi connectivity index (χ1n) is 3.51. The first kappa shape index (κ1) is 8.92. The van der Waals surface area contributed by atoms with E-state index < -0.39 is 0 Å². The molecule has 0 aromatic carbocycles. The van der Waals surface area contributed by atoms with Crippen molar-refractivity contribution in [1.29, 1.82) is 0 Å². The Kier molecular flexibility index (Phi) is 3.82. The van der Waals surface area contributed by atoms with E-state index in [0.717, 1.165) is 6.04 Å². The number of nitrogens with zero attached hydrogens (tertiary/aromatic N) is 1. The summed E-state index contributed by atoms with van der Waals surface area (Å²) in [5, 5.41) is 0. The lowest BCUT2D eigenvalue weighted by molar-refractivity contribution is 0.200. The molecular formula is C7H16NO-. The molecule has 0 amide bonds. The molecule has 0 aromatic heterocycles. The van der Waals surface area contributed by atoms with Gasteiger partial charge in [-0.25, -0.2) is 0 Å². The maximum absolute atomic E-state index is 2.43. The van der Waals surface area contributed by atoms with Gasteiger partial charge >= 0.3 is 0 Å². The Morgan fingerprint density at radius 2 is 2.00 bits per heavy atom. The van der Waals surface area contributed by atoms with Crippen LogP contribution in [0.2, 0.25) is 0 Å². The predicted octanol–water partition coefficient (Wildman–Crippen LogP) is 1.31. The fraction of sp³-hybridized carbons (Fsp3) is 1.00. The van der Waals surface area contributed by atoms with Gasteiger partial charge in [-0.1, -0.05) is 6.42 Å². The third kappa shape index (κ3) is 2.33. The highest BCUT2D eigenvalue weighted by Gasteiger charge is 2.12. The molecule has 1 rings (SSSR count). The Morgan fingerprint density at radius 1 is 1.33 bits per heavy atom. The lowest BCUT2D eigenvalue weighted by atomic mass is 10.1. The summed E-state index contributed by atoms with van der Waals surface area (Å²) in [5.41, 5.74) is 0. The fourth-order valence-corrected chi connectivity index (χ4v) is 1.24. The van der Waals surface area contributed by atoms with E-state index in [0.29, 0.717) is 0 Å². The van der Waals surface area contributed by atoms with Gasteiger partial charge in [0.1, 0.15) is 0 Å². The molecule has 1 atom stereocenters. The molecule has 56 valence electrons. The molecule has 0 radical (unpaired) electrons. The van der Waals surface area contributed by atoms with E-state index in [1.165, 1.54) is 25.8 Å². The van der Waals surface area contributed by atoms with E-state index >= 15 is 0 Å². The highest BCUT2D eigenvalue weighted by atomic mass is 16.0. The zero-order valence-corrected chi connectivity index (χ0v) is 6.30. The molecule has 0 spiro atoms. The Balaban J connectivity index is 0.000000640. The molecule has 0 bridgehead atoms. The van der Waals surface area contributed by atoms with E-state index in [4.69, 9.17) is 0 Å². The van der Waals surface area contributed by atoms with Crippen molar-refractivity contribution >= 4 is 0 Å². The van der Waals surface area contributed by atoms with Gasteiger partial charge in [0.05, 0.1) is 0 Å². The van der Waals surface area contributed by atoms with Crippen LogP contribution < -0.4 is 0 Å². The summed E-state index contributed by atoms with van der Waals surface area (Å²) in [7, 11) is 2.21. The molecule has 9 heavy (non-hydrogen) atoms. The normalized spacial score (nSPS) is 29.3. The molecule has 0 aromatic rings. The van der Waals surface area contributed by atoms with E-state index in [9.17, 15) is 0 Å². The lowest BCUT2D eigenvalue weighted by Gasteiger charge is -2.29. The highest BCUT2D eigenvalue weighted by molar-refractivity contribution is 4.68. The quantitative estimate of drug-likeness (QED) is 0.495. The molecule has 1 heterocycles. The Hall–Kier alpha value is -0.0800. The maximum Gasteiger partial charge on any atom is 0.00638 e. The molecule has 2 heteroatoms. The molecule has 1 N–H and O–H groups in total. The third-order valence-corrected chi connectivity index (χ3v) is 2.14. The Bertz CT molecular complexity index is 65.3. The van der Waals surface area contributed by atoms with Crippen molar-refractivity contribution in [3.05, 3.63) is 0 Å². The standard InChI is InChI=1S/C7H15N.H2O/c1-7-5-3-4-6-8(7)2;/h7H,3-6H2,1-2H3;1H2/p-1. The predicted molar refractivity (Wildman–Crippen MR) is 37.9 cm³/mol. The fourth-order valence-electron chi connectivity index (χ4n) is 1.24. The van der Waals surface area contributed by atoms with Gasteiger partial charge in [0.25, 0.3) is 0 Å². The summed E-state index contributed by atoms with van der Waals surface area (Å²) >= 11 is 0. The summed E-state index contributed by atoms with van der Waals surface area (Å²) in [5.74, 6) is 0. The SMILES string of the molecule is CC1CCCCN1C.[OH-]. The van der Waals surface area contributed by atoms with E-state index in [1.807, 2.05) is 0 Å². The van der Waals surface area contributed by atoms with Crippen LogP contribution in [0.1, 0.15) is 26.2 Å². The smallest absolute Gasteiger partial charge is 0.00638 e. The van der Waals surface area contributed by atoms with Gasteiger partial charge in [0, 0.05) is 6.04 Å². The van der Waals surface area contributed by atoms with Crippen LogP contribution in [0.5, 0.6) is 0 Å². The van der Waals surface area contributed by atoms with Crippen LogP contribution in [0.15, 0.2) is 0 Å². The summed E-state index contributed by atoms with van der Waals surface area (Å²) < 4.78 is 0. The number of piperidine rings is 1. The second-order valence-corrected chi connectivity index (χ2v) is 2.83. The van der Waals surface area contributed by atoms with E-state index in [2.05, 4.69) is 18.9 Å². The molecule has 1 unspecified atom stereocenters. The van der Waals surface area contributed by atoms with Crippen LogP contribution >= 0.6 is 0 Å². The van der Waals surface area contributed by atoms with Crippen LogP contribution in [-0.4, -0.2) is 30.0 Å². The van der Waals surface area contributed by atoms with Gasteiger partial charge < -0.3 is 10.4 Å². The van der Waals surface area contributed by atoms with Crippen molar-refractivity contribution in [1.82, 2.24) is 4.90 Å². The third-order valence-electron chi connectivity index (χ3n) is 2.14. The molecular weight excluding hydrogens is 114 g/mol. The molecule has 1 aliphatic rings. The van der Waals surface area contributed by atoms with Crippen molar-refractivity contribution in [2.45, 2.75) is 32.2 Å². The summed E-state index contributed by atoms with van der Waals surface area (Å²) in [6.07, 6.45) is 4.24. The van der Waals surface area contributed by atoms with Gasteiger partial charge in [-0.3, -0.25) is 0 Å². The van der Waals surface area contributed by atoms with Crippen molar-refractivity contribution < 1.29 is 5.48 Å². The average Bonchev–Trinajstić information content (AvgIpc) is 1.77. The Morgan fingerprint density at radius 3 is 2.33 bits per heavy atom. The minimum absolute atomic E-state index is 0. The molecule has 1 aliphatic heterocycles. The molecule has 1 saturated heterocycles. The lowest BCUT2D eigenvalue weighted by Crippen LogP contribution is -2.33. The minimum atomic E-state index is 0. The Labute approximate surface area is 57.2 Å². The van der Waals surface area contributed by atoms with Gasteiger partial charge in [0.15, 0.2) is 0 Å². The van der Waals surface area contributed by atoms with Crippen LogP contribution in [0.3, 0.4) is 0 Å². The van der Waals surface area contributed by atoms with Crippen LogP contribution in [0, 0.1) is 0 Å². The number of hydrogen-bond donors (Lipinski definition) is 0. The van der Waals surface area contributed by atoms with Gasteiger partial charge in [0.2, 0.25) is 0 Å². The monoisotopic (exact) mass is 130 g/mol. The van der Waals surface area contributed by atoms with Crippen molar-refractivity contribution in [3.63, 3.8) is 0 Å². The molecule has 1 fully saturated rings. The van der Waals surface area contributed by atoms with E-state index in [-0.39, 0.29) is 5.48 Å². The highest BCUT2D eigenvalue weighted by Crippen LogP contribution is 2.13. The first-order chi connectivity index (χ1) is 3.80. The summed E-state index contributed by atoms with van der Waals surface area (Å²) in [6.45, 7) is 3.61. The van der Waals surface area contributed by atoms with E-state index in [1.54, 1.807) is 0 Å². The summed E-state index contributed by atoms with van der Waals surface area (Å²) in [6, 6.07) is 0.837. The van der Waals surface area contributed by atoms with Gasteiger partial charge in [-0.05, 0) is 33.4 Å². The van der Waals surface area contributed by atoms with Crippen molar-refractivity contribution in [3.8, 4) is 0 Å². The number of hydrogen-bond acceptors (Lipinski definition) is 2. The average molecular weight is 130 g/mol. The number of likely N-dealkylation sites (tertiary alicyclic amines) is 1. The zero-order chi connectivity index (χ0) is 5.98. The van der Waals surface area contributed by atoms with Crippen LogP contribution in [0.4, 0.5) is 0 Å². The second-order valence-electron chi connectivity index (χ2n) is 2.83. The summed E-state index contributed by atoms with van der Waals surface area (Å²) in [4.78, 5) is 2.43. The molecule has 2 nitrogen and oxygen atoms in total. The first-order valence-corrected chi connectivity index (χ1v) is 3.51. The van der Waals surface area contributed by atoms with Crippen molar-refractivity contribution in [2.24, 2.45) is 0 Å². The second kappa shape index (κ2) is 3.85. The number of rotatable bonds is 0.